The second kappa shape index (κ2) is 5.41. The van der Waals surface area contributed by atoms with Crippen LogP contribution in [-0.4, -0.2) is 15.6 Å². The van der Waals surface area contributed by atoms with Crippen LogP contribution >= 0.6 is 11.3 Å². The highest BCUT2D eigenvalue weighted by molar-refractivity contribution is 7.20. The molecule has 0 fully saturated rings. The fourth-order valence-electron chi connectivity index (χ4n) is 2.42. The van der Waals surface area contributed by atoms with Crippen molar-refractivity contribution < 1.29 is 9.18 Å². The minimum Gasteiger partial charge on any atom is -0.293 e. The van der Waals surface area contributed by atoms with Crippen LogP contribution in [0.4, 0.5) is 4.39 Å². The number of carbonyl (C=O) groups is 1. The average Bonchev–Trinajstić information content (AvgIpc) is 3.01. The number of halogens is 1. The molecule has 3 nitrogen and oxygen atoms in total. The molecule has 0 aliphatic rings. The van der Waals surface area contributed by atoms with Crippen molar-refractivity contribution in [1.82, 2.24) is 9.78 Å². The summed E-state index contributed by atoms with van der Waals surface area (Å²) in [7, 11) is 0. The third kappa shape index (κ3) is 2.74. The first-order valence-electron chi connectivity index (χ1n) is 6.82. The van der Waals surface area contributed by atoms with E-state index in [1.807, 2.05) is 24.6 Å². The number of thiophene rings is 1. The van der Waals surface area contributed by atoms with E-state index >= 15 is 0 Å². The van der Waals surface area contributed by atoms with E-state index in [9.17, 15) is 9.18 Å². The van der Waals surface area contributed by atoms with Crippen molar-refractivity contribution in [2.45, 2.75) is 26.8 Å². The third-order valence-corrected chi connectivity index (χ3v) is 4.54. The summed E-state index contributed by atoms with van der Waals surface area (Å²) in [6.07, 6.45) is 0.323. The van der Waals surface area contributed by atoms with Crippen molar-refractivity contribution in [3.05, 3.63) is 52.4 Å². The Morgan fingerprint density at radius 3 is 2.90 bits per heavy atom. The molecule has 21 heavy (non-hydrogen) atoms. The van der Waals surface area contributed by atoms with Crippen molar-refractivity contribution in [3.8, 4) is 0 Å². The number of ketones is 1. The van der Waals surface area contributed by atoms with Gasteiger partial charge in [-0.05, 0) is 49.6 Å². The third-order valence-electron chi connectivity index (χ3n) is 3.38. The van der Waals surface area contributed by atoms with Crippen LogP contribution in [0.3, 0.4) is 0 Å². The Labute approximate surface area is 126 Å². The lowest BCUT2D eigenvalue weighted by atomic mass is 10.1. The average molecular weight is 302 g/mol. The molecule has 1 aromatic carbocycles. The molecular weight excluding hydrogens is 287 g/mol. The Balaban J connectivity index is 1.89. The fraction of sp³-hybridized carbons (Fsp3) is 0.250. The summed E-state index contributed by atoms with van der Waals surface area (Å²) < 4.78 is 16.0. The lowest BCUT2D eigenvalue weighted by molar-refractivity contribution is 0.0994. The van der Waals surface area contributed by atoms with E-state index in [0.717, 1.165) is 28.0 Å². The first-order valence-corrected chi connectivity index (χ1v) is 7.64. The largest absolute Gasteiger partial charge is 0.293 e. The molecule has 0 aliphatic carbocycles. The zero-order valence-electron chi connectivity index (χ0n) is 11.9. The predicted octanol–water partition coefficient (Wildman–Crippen LogP) is 3.99. The lowest BCUT2D eigenvalue weighted by Crippen LogP contribution is -2.08. The van der Waals surface area contributed by atoms with Gasteiger partial charge in [0.2, 0.25) is 0 Å². The molecule has 0 amide bonds. The van der Waals surface area contributed by atoms with Crippen LogP contribution in [0.2, 0.25) is 0 Å². The number of rotatable bonds is 4. The highest BCUT2D eigenvalue weighted by Crippen LogP contribution is 2.27. The molecule has 0 saturated carbocycles. The van der Waals surface area contributed by atoms with Crippen LogP contribution in [0.25, 0.3) is 10.1 Å². The number of nitrogens with zero attached hydrogens (tertiary/aromatic N) is 2. The molecule has 5 heteroatoms. The van der Waals surface area contributed by atoms with Gasteiger partial charge in [0.25, 0.3) is 0 Å². The van der Waals surface area contributed by atoms with Gasteiger partial charge in [-0.3, -0.25) is 9.48 Å². The van der Waals surface area contributed by atoms with Gasteiger partial charge < -0.3 is 0 Å². The molecule has 2 aromatic heterocycles. The molecule has 3 rings (SSSR count). The highest BCUT2D eigenvalue weighted by atomic mass is 32.1. The van der Waals surface area contributed by atoms with Gasteiger partial charge in [-0.2, -0.15) is 5.10 Å². The van der Waals surface area contributed by atoms with Gasteiger partial charge in [0, 0.05) is 16.9 Å². The second-order valence-corrected chi connectivity index (χ2v) is 6.07. The number of aryl methyl sites for hydroxylation is 2. The Bertz CT molecular complexity index is 819. The van der Waals surface area contributed by atoms with Gasteiger partial charge in [-0.25, -0.2) is 4.39 Å². The quantitative estimate of drug-likeness (QED) is 0.683. The Hall–Kier alpha value is -2.01. The van der Waals surface area contributed by atoms with Gasteiger partial charge >= 0.3 is 0 Å². The summed E-state index contributed by atoms with van der Waals surface area (Å²) >= 11 is 1.41. The molecule has 3 aromatic rings. The van der Waals surface area contributed by atoms with Gasteiger partial charge in [-0.1, -0.05) is 0 Å². The van der Waals surface area contributed by atoms with Crippen molar-refractivity contribution in [1.29, 1.82) is 0 Å². The minimum absolute atomic E-state index is 0.0474. The maximum atomic E-state index is 13.2. The summed E-state index contributed by atoms with van der Waals surface area (Å²) in [5, 5.41) is 5.13. The summed E-state index contributed by atoms with van der Waals surface area (Å²) in [6.45, 7) is 4.67. The van der Waals surface area contributed by atoms with Crippen LogP contribution in [0.5, 0.6) is 0 Å². The molecule has 0 spiro atoms. The van der Waals surface area contributed by atoms with Crippen LogP contribution in [0, 0.1) is 12.7 Å². The maximum absolute atomic E-state index is 13.2. The fourth-order valence-corrected chi connectivity index (χ4v) is 3.40. The zero-order chi connectivity index (χ0) is 15.0. The Kier molecular flexibility index (Phi) is 3.59. The molecule has 0 unspecified atom stereocenters. The highest BCUT2D eigenvalue weighted by Gasteiger charge is 2.14. The number of aromatic nitrogens is 2. The molecular formula is C16H15FN2OS. The van der Waals surface area contributed by atoms with Gasteiger partial charge in [0.1, 0.15) is 5.82 Å². The van der Waals surface area contributed by atoms with E-state index in [1.54, 1.807) is 12.1 Å². The molecule has 0 radical (unpaired) electrons. The molecule has 0 bridgehead atoms. The Morgan fingerprint density at radius 2 is 2.14 bits per heavy atom. The second-order valence-electron chi connectivity index (χ2n) is 4.99. The number of hydrogen-bond acceptors (Lipinski definition) is 3. The molecule has 0 aliphatic heterocycles. The summed E-state index contributed by atoms with van der Waals surface area (Å²) in [4.78, 5) is 13.1. The normalized spacial score (nSPS) is 11.2. The molecule has 0 saturated heterocycles. The van der Waals surface area contributed by atoms with E-state index in [-0.39, 0.29) is 11.6 Å². The van der Waals surface area contributed by atoms with Gasteiger partial charge in [-0.15, -0.1) is 11.3 Å². The number of hydrogen-bond donors (Lipinski definition) is 0. The zero-order valence-corrected chi connectivity index (χ0v) is 12.7. The van der Waals surface area contributed by atoms with E-state index < -0.39 is 0 Å². The summed E-state index contributed by atoms with van der Waals surface area (Å²) in [5.41, 5.74) is 1.83. The minimum atomic E-state index is -0.279. The van der Waals surface area contributed by atoms with Crippen molar-refractivity contribution in [2.24, 2.45) is 0 Å². The lowest BCUT2D eigenvalue weighted by Gasteiger charge is -2.02. The van der Waals surface area contributed by atoms with E-state index in [0.29, 0.717) is 11.3 Å². The van der Waals surface area contributed by atoms with Crippen LogP contribution in [0.15, 0.2) is 30.3 Å². The van der Waals surface area contributed by atoms with Crippen LogP contribution in [0.1, 0.15) is 28.0 Å². The smallest absolute Gasteiger partial charge is 0.178 e. The predicted molar refractivity (Wildman–Crippen MR) is 82.5 cm³/mol. The molecule has 0 atom stereocenters. The summed E-state index contributed by atoms with van der Waals surface area (Å²) in [5.74, 6) is -0.231. The molecule has 108 valence electrons. The van der Waals surface area contributed by atoms with Crippen molar-refractivity contribution in [3.63, 3.8) is 0 Å². The molecule has 2 heterocycles. The topological polar surface area (TPSA) is 34.9 Å². The SMILES string of the molecule is CCn1nc(C)cc1CC(=O)c1cc2cc(F)ccc2s1. The molecule has 0 N–H and O–H groups in total. The van der Waals surface area contributed by atoms with Crippen LogP contribution < -0.4 is 0 Å². The number of fused-ring (bicyclic) bond motifs is 1. The van der Waals surface area contributed by atoms with Crippen LogP contribution in [-0.2, 0) is 13.0 Å². The van der Waals surface area contributed by atoms with E-state index in [1.165, 1.54) is 23.5 Å². The summed E-state index contributed by atoms with van der Waals surface area (Å²) in [6, 6.07) is 8.30. The van der Waals surface area contributed by atoms with Gasteiger partial charge in [0.05, 0.1) is 17.0 Å². The Morgan fingerprint density at radius 1 is 1.33 bits per heavy atom. The first kappa shape index (κ1) is 13.9. The van der Waals surface area contributed by atoms with E-state index in [4.69, 9.17) is 0 Å². The monoisotopic (exact) mass is 302 g/mol. The number of carbonyl (C=O) groups excluding carboxylic acids is 1. The van der Waals surface area contributed by atoms with Crippen molar-refractivity contribution >= 4 is 27.2 Å². The number of benzene rings is 1. The van der Waals surface area contributed by atoms with Gasteiger partial charge in [0.15, 0.2) is 5.78 Å². The first-order chi connectivity index (χ1) is 10.1. The van der Waals surface area contributed by atoms with Crippen molar-refractivity contribution in [2.75, 3.05) is 0 Å². The van der Waals surface area contributed by atoms with E-state index in [2.05, 4.69) is 5.10 Å². The number of Topliss-reactive ketones (excluding diaryl/α,β-unsaturated/α-hetero) is 1. The maximum Gasteiger partial charge on any atom is 0.178 e. The standard InChI is InChI=1S/C16H15FN2OS/c1-3-19-13(6-10(2)18-19)9-14(20)16-8-11-7-12(17)4-5-15(11)21-16/h4-8H,3,9H2,1-2H3.